The Morgan fingerprint density at radius 1 is 1.16 bits per heavy atom. The largest absolute Gasteiger partial charge is 0.322 e. The summed E-state index contributed by atoms with van der Waals surface area (Å²) in [5.41, 5.74) is 2.30. The molecule has 3 aliphatic rings. The first-order valence-electron chi connectivity index (χ1n) is 10.7. The number of pyridine rings is 1. The van der Waals surface area contributed by atoms with Crippen molar-refractivity contribution in [2.75, 3.05) is 13.1 Å². The zero-order valence-electron chi connectivity index (χ0n) is 17.3. The summed E-state index contributed by atoms with van der Waals surface area (Å²) in [6.07, 6.45) is 1.59. The lowest BCUT2D eigenvalue weighted by Crippen LogP contribution is -2.52. The quantitative estimate of drug-likeness (QED) is 0.737. The molecular formula is C23H22F2N4O3. The molecule has 32 heavy (non-hydrogen) atoms. The Hall–Kier alpha value is -3.20. The molecule has 2 fully saturated rings. The molecule has 1 aromatic heterocycles. The Labute approximate surface area is 183 Å². The highest BCUT2D eigenvalue weighted by Crippen LogP contribution is 2.32. The molecule has 0 bridgehead atoms. The van der Waals surface area contributed by atoms with E-state index in [4.69, 9.17) is 0 Å². The van der Waals surface area contributed by atoms with Crippen molar-refractivity contribution in [2.45, 2.75) is 44.6 Å². The van der Waals surface area contributed by atoms with Crippen molar-refractivity contribution in [1.29, 1.82) is 0 Å². The molecule has 2 atom stereocenters. The number of carbonyl (C=O) groups is 3. The molecule has 1 unspecified atom stereocenters. The third-order valence-corrected chi connectivity index (χ3v) is 6.37. The van der Waals surface area contributed by atoms with Crippen molar-refractivity contribution in [3.05, 3.63) is 53.0 Å². The Morgan fingerprint density at radius 3 is 2.75 bits per heavy atom. The first kappa shape index (κ1) is 20.7. The predicted molar refractivity (Wildman–Crippen MR) is 110 cm³/mol. The van der Waals surface area contributed by atoms with Crippen LogP contribution in [0.3, 0.4) is 0 Å². The Kier molecular flexibility index (Phi) is 5.21. The fourth-order valence-electron chi connectivity index (χ4n) is 4.70. The van der Waals surface area contributed by atoms with Gasteiger partial charge in [0, 0.05) is 55.5 Å². The summed E-state index contributed by atoms with van der Waals surface area (Å²) >= 11 is 0. The molecule has 0 spiro atoms. The van der Waals surface area contributed by atoms with E-state index in [9.17, 15) is 18.8 Å². The zero-order chi connectivity index (χ0) is 22.4. The minimum Gasteiger partial charge on any atom is -0.322 e. The van der Waals surface area contributed by atoms with Gasteiger partial charge >= 0.3 is 0 Å². The molecule has 0 radical (unpaired) electrons. The maximum absolute atomic E-state index is 15.2. The predicted octanol–water partition coefficient (Wildman–Crippen LogP) is 2.19. The third kappa shape index (κ3) is 3.66. The van der Waals surface area contributed by atoms with E-state index < -0.39 is 23.9 Å². The van der Waals surface area contributed by atoms with Crippen LogP contribution in [0, 0.1) is 5.82 Å². The van der Waals surface area contributed by atoms with E-state index in [0.29, 0.717) is 48.3 Å². The average molecular weight is 440 g/mol. The molecule has 2 aromatic rings. The number of carbonyl (C=O) groups excluding carboxylic acids is 3. The average Bonchev–Trinajstić information content (AvgIpc) is 3.32. The van der Waals surface area contributed by atoms with E-state index in [1.165, 1.54) is 11.1 Å². The van der Waals surface area contributed by atoms with Crippen LogP contribution < -0.4 is 5.32 Å². The topological polar surface area (TPSA) is 82.6 Å². The first-order chi connectivity index (χ1) is 15.4. The van der Waals surface area contributed by atoms with Gasteiger partial charge in [-0.1, -0.05) is 6.07 Å². The summed E-state index contributed by atoms with van der Waals surface area (Å²) in [5.74, 6) is -1.55. The van der Waals surface area contributed by atoms with E-state index in [2.05, 4.69) is 10.3 Å². The molecule has 7 nitrogen and oxygen atoms in total. The number of nitrogens with zero attached hydrogens (tertiary/aromatic N) is 3. The van der Waals surface area contributed by atoms with Gasteiger partial charge in [0.05, 0.1) is 0 Å². The monoisotopic (exact) mass is 440 g/mol. The van der Waals surface area contributed by atoms with Crippen molar-refractivity contribution in [2.24, 2.45) is 0 Å². The fraction of sp³-hybridized carbons (Fsp3) is 0.391. The van der Waals surface area contributed by atoms with Crippen LogP contribution in [0.5, 0.6) is 0 Å². The minimum atomic E-state index is -0.874. The number of piperidine rings is 1. The first-order valence-corrected chi connectivity index (χ1v) is 10.7. The summed E-state index contributed by atoms with van der Waals surface area (Å²) < 4.78 is 28.7. The number of nitrogens with one attached hydrogen (secondary N) is 1. The molecule has 9 heteroatoms. The maximum Gasteiger partial charge on any atom is 0.255 e. The number of alkyl halides is 1. The van der Waals surface area contributed by atoms with Crippen molar-refractivity contribution >= 4 is 17.7 Å². The number of imide groups is 1. The molecule has 2 saturated heterocycles. The Bertz CT molecular complexity index is 1120. The van der Waals surface area contributed by atoms with Gasteiger partial charge in [0.15, 0.2) is 5.82 Å². The third-order valence-electron chi connectivity index (χ3n) is 6.37. The van der Waals surface area contributed by atoms with Gasteiger partial charge in [-0.15, -0.1) is 0 Å². The standard InChI is InChI=1S/C23H22F2N4O3/c24-16-6-8-28(12-16)10-14-5-7-26-21(20(14)25)13-1-2-17-15(9-13)11-29(23(17)32)18-3-4-19(30)27-22(18)31/h1-2,5,7,9,16,18H,3-4,6,8,10-12H2,(H,27,30,31)/t16-,18?/m0/s1. The molecule has 0 aliphatic carbocycles. The molecule has 166 valence electrons. The number of rotatable bonds is 4. The molecular weight excluding hydrogens is 418 g/mol. The summed E-state index contributed by atoms with van der Waals surface area (Å²) in [6.45, 7) is 1.42. The fourth-order valence-corrected chi connectivity index (χ4v) is 4.70. The van der Waals surface area contributed by atoms with Crippen LogP contribution in [0.25, 0.3) is 11.3 Å². The van der Waals surface area contributed by atoms with Gasteiger partial charge in [-0.25, -0.2) is 8.78 Å². The van der Waals surface area contributed by atoms with E-state index in [1.54, 1.807) is 24.3 Å². The lowest BCUT2D eigenvalue weighted by Gasteiger charge is -2.29. The second-order valence-corrected chi connectivity index (χ2v) is 8.53. The number of likely N-dealkylation sites (tertiary alicyclic amines) is 1. The SMILES string of the molecule is O=C1CCC(N2Cc3cc(-c4nccc(CN5CC[C@H](F)C5)c4F)ccc3C2=O)C(=O)N1. The van der Waals surface area contributed by atoms with E-state index in [1.807, 2.05) is 4.90 Å². The second kappa shape index (κ2) is 8.05. The normalized spacial score (nSPS) is 23.6. The molecule has 1 aromatic carbocycles. The van der Waals surface area contributed by atoms with E-state index in [0.717, 1.165) is 0 Å². The number of hydrogen-bond acceptors (Lipinski definition) is 5. The maximum atomic E-state index is 15.2. The molecule has 0 saturated carbocycles. The second-order valence-electron chi connectivity index (χ2n) is 8.53. The van der Waals surface area contributed by atoms with Crippen molar-refractivity contribution in [1.82, 2.24) is 20.1 Å². The van der Waals surface area contributed by atoms with Crippen LogP contribution >= 0.6 is 0 Å². The number of amides is 3. The van der Waals surface area contributed by atoms with Crippen molar-refractivity contribution in [3.63, 3.8) is 0 Å². The zero-order valence-corrected chi connectivity index (χ0v) is 17.3. The summed E-state index contributed by atoms with van der Waals surface area (Å²) in [7, 11) is 0. The van der Waals surface area contributed by atoms with Gasteiger partial charge in [-0.3, -0.25) is 29.6 Å². The van der Waals surface area contributed by atoms with Crippen molar-refractivity contribution in [3.8, 4) is 11.3 Å². The van der Waals surface area contributed by atoms with Crippen LogP contribution in [0.15, 0.2) is 30.5 Å². The van der Waals surface area contributed by atoms with Crippen LogP contribution in [0.1, 0.15) is 40.7 Å². The van der Waals surface area contributed by atoms with Gasteiger partial charge in [0.25, 0.3) is 5.91 Å². The van der Waals surface area contributed by atoms with Crippen molar-refractivity contribution < 1.29 is 23.2 Å². The molecule has 3 amide bonds. The highest BCUT2D eigenvalue weighted by Gasteiger charge is 2.39. The number of fused-ring (bicyclic) bond motifs is 1. The summed E-state index contributed by atoms with van der Waals surface area (Å²) in [6, 6.07) is 5.90. The molecule has 5 rings (SSSR count). The van der Waals surface area contributed by atoms with Crippen LogP contribution in [-0.2, 0) is 22.7 Å². The van der Waals surface area contributed by atoms with Gasteiger partial charge in [0.2, 0.25) is 11.8 Å². The van der Waals surface area contributed by atoms with E-state index in [-0.39, 0.29) is 36.9 Å². The number of hydrogen-bond donors (Lipinski definition) is 1. The lowest BCUT2D eigenvalue weighted by atomic mass is 10.0. The molecule has 4 heterocycles. The minimum absolute atomic E-state index is 0.174. The van der Waals surface area contributed by atoms with Crippen LogP contribution in [0.4, 0.5) is 8.78 Å². The van der Waals surface area contributed by atoms with Gasteiger partial charge < -0.3 is 4.90 Å². The number of halogens is 2. The number of aromatic nitrogens is 1. The summed E-state index contributed by atoms with van der Waals surface area (Å²) in [5, 5.41) is 2.28. The smallest absolute Gasteiger partial charge is 0.255 e. The Morgan fingerprint density at radius 2 is 2.00 bits per heavy atom. The molecule has 3 aliphatic heterocycles. The number of benzene rings is 1. The van der Waals surface area contributed by atoms with Crippen LogP contribution in [0.2, 0.25) is 0 Å². The van der Waals surface area contributed by atoms with E-state index >= 15 is 4.39 Å². The highest BCUT2D eigenvalue weighted by molar-refractivity contribution is 6.05. The Balaban J connectivity index is 1.39. The van der Waals surface area contributed by atoms with Gasteiger partial charge in [-0.2, -0.15) is 0 Å². The summed E-state index contributed by atoms with van der Waals surface area (Å²) in [4.78, 5) is 44.0. The highest BCUT2D eigenvalue weighted by atomic mass is 19.1. The molecule has 1 N–H and O–H groups in total. The van der Waals surface area contributed by atoms with Crippen LogP contribution in [-0.4, -0.2) is 57.8 Å². The van der Waals surface area contributed by atoms with Gasteiger partial charge in [0.1, 0.15) is 17.9 Å². The van der Waals surface area contributed by atoms with Gasteiger partial charge in [-0.05, 0) is 36.6 Å². The lowest BCUT2D eigenvalue weighted by molar-refractivity contribution is -0.136.